The van der Waals surface area contributed by atoms with Crippen molar-refractivity contribution in [3.8, 4) is 0 Å². The quantitative estimate of drug-likeness (QED) is 0.915. The van der Waals surface area contributed by atoms with E-state index in [0.29, 0.717) is 5.95 Å². The average Bonchev–Trinajstić information content (AvgIpc) is 2.99. The average molecular weight is 258 g/mol. The largest absolute Gasteiger partial charge is 0.369 e. The molecule has 4 nitrogen and oxygen atoms in total. The van der Waals surface area contributed by atoms with Crippen molar-refractivity contribution in [2.75, 3.05) is 5.73 Å². The molecule has 4 heteroatoms. The molecule has 2 N–H and O–H groups in total. The number of aryl methyl sites for hydroxylation is 2. The molecular weight excluding hydrogens is 236 g/mol. The molecule has 0 radical (unpaired) electrons. The third kappa shape index (κ3) is 2.57. The molecule has 19 heavy (non-hydrogen) atoms. The first-order chi connectivity index (χ1) is 9.24. The number of fused-ring (bicyclic) bond motifs is 1. The number of aromatic nitrogens is 3. The van der Waals surface area contributed by atoms with Gasteiger partial charge in [0.25, 0.3) is 0 Å². The maximum atomic E-state index is 6.01. The molecule has 1 saturated carbocycles. The predicted octanol–water partition coefficient (Wildman–Crippen LogP) is 3.29. The Morgan fingerprint density at radius 1 is 1.26 bits per heavy atom. The number of hydrogen-bond acceptors (Lipinski definition) is 3. The number of imidazole rings is 1. The van der Waals surface area contributed by atoms with Crippen LogP contribution in [-0.2, 0) is 6.54 Å². The maximum absolute atomic E-state index is 6.01. The third-order valence-corrected chi connectivity index (χ3v) is 4.23. The van der Waals surface area contributed by atoms with Crippen molar-refractivity contribution >= 4 is 17.1 Å². The van der Waals surface area contributed by atoms with Gasteiger partial charge in [-0.05, 0) is 37.8 Å². The number of hydrogen-bond donors (Lipinski definition) is 1. The Bertz CT molecular complexity index is 567. The van der Waals surface area contributed by atoms with Crippen molar-refractivity contribution in [2.24, 2.45) is 5.92 Å². The van der Waals surface area contributed by atoms with Gasteiger partial charge in [-0.3, -0.25) is 4.57 Å². The van der Waals surface area contributed by atoms with Crippen LogP contribution in [0, 0.1) is 12.8 Å². The lowest BCUT2D eigenvalue weighted by molar-refractivity contribution is 0.462. The zero-order valence-electron chi connectivity index (χ0n) is 11.6. The summed E-state index contributed by atoms with van der Waals surface area (Å²) in [6.45, 7) is 2.95. The van der Waals surface area contributed by atoms with E-state index in [1.54, 1.807) is 0 Å². The molecule has 0 unspecified atom stereocenters. The van der Waals surface area contributed by atoms with Crippen LogP contribution >= 0.6 is 0 Å². The van der Waals surface area contributed by atoms with Gasteiger partial charge in [0.2, 0.25) is 5.95 Å². The molecule has 1 aliphatic rings. The minimum absolute atomic E-state index is 0.597. The van der Waals surface area contributed by atoms with Crippen LogP contribution in [0.1, 0.15) is 44.2 Å². The van der Waals surface area contributed by atoms with Gasteiger partial charge in [0.15, 0.2) is 5.65 Å². The van der Waals surface area contributed by atoms with Crippen LogP contribution in [0.4, 0.5) is 5.95 Å². The second kappa shape index (κ2) is 5.19. The summed E-state index contributed by atoms with van der Waals surface area (Å²) in [4.78, 5) is 8.95. The van der Waals surface area contributed by atoms with Gasteiger partial charge in [-0.1, -0.05) is 25.7 Å². The van der Waals surface area contributed by atoms with Crippen molar-refractivity contribution < 1.29 is 0 Å². The molecule has 2 aromatic rings. The van der Waals surface area contributed by atoms with Gasteiger partial charge >= 0.3 is 0 Å². The van der Waals surface area contributed by atoms with E-state index in [1.807, 2.05) is 19.1 Å². The molecule has 1 fully saturated rings. The number of pyridine rings is 1. The second-order valence-corrected chi connectivity index (χ2v) is 5.71. The van der Waals surface area contributed by atoms with Crippen molar-refractivity contribution in [3.05, 3.63) is 17.8 Å². The summed E-state index contributed by atoms with van der Waals surface area (Å²) in [5, 5.41) is 0. The van der Waals surface area contributed by atoms with E-state index >= 15 is 0 Å². The van der Waals surface area contributed by atoms with Gasteiger partial charge in [-0.2, -0.15) is 0 Å². The zero-order valence-corrected chi connectivity index (χ0v) is 11.6. The fourth-order valence-corrected chi connectivity index (χ4v) is 3.17. The highest BCUT2D eigenvalue weighted by Crippen LogP contribution is 2.29. The zero-order chi connectivity index (χ0) is 13.2. The fraction of sp³-hybridized carbons (Fsp3) is 0.600. The standard InChI is InChI=1S/C15H22N4/c1-11-8-9-13-14(17-11)19(15(16)18-13)10-4-7-12-5-2-3-6-12/h8-9,12H,2-7,10H2,1H3,(H2,16,18). The number of nitrogen functional groups attached to an aromatic ring is 1. The first-order valence-corrected chi connectivity index (χ1v) is 7.33. The summed E-state index contributed by atoms with van der Waals surface area (Å²) in [5.41, 5.74) is 8.87. The Morgan fingerprint density at radius 3 is 2.84 bits per heavy atom. The summed E-state index contributed by atoms with van der Waals surface area (Å²) in [6, 6.07) is 3.99. The highest BCUT2D eigenvalue weighted by molar-refractivity contribution is 5.74. The number of anilines is 1. The monoisotopic (exact) mass is 258 g/mol. The van der Waals surface area contributed by atoms with Gasteiger partial charge in [0.05, 0.1) is 0 Å². The molecule has 2 aromatic heterocycles. The molecule has 0 saturated heterocycles. The van der Waals surface area contributed by atoms with Gasteiger partial charge in [-0.15, -0.1) is 0 Å². The van der Waals surface area contributed by atoms with Gasteiger partial charge < -0.3 is 5.73 Å². The molecule has 102 valence electrons. The first-order valence-electron chi connectivity index (χ1n) is 7.33. The van der Waals surface area contributed by atoms with Gasteiger partial charge in [-0.25, -0.2) is 9.97 Å². The lowest BCUT2D eigenvalue weighted by Crippen LogP contribution is -2.06. The predicted molar refractivity (Wildman–Crippen MR) is 77.9 cm³/mol. The Balaban J connectivity index is 1.72. The molecule has 0 spiro atoms. The second-order valence-electron chi connectivity index (χ2n) is 5.71. The Kier molecular flexibility index (Phi) is 3.40. The fourth-order valence-electron chi connectivity index (χ4n) is 3.17. The molecule has 2 heterocycles. The lowest BCUT2D eigenvalue weighted by Gasteiger charge is -2.10. The van der Waals surface area contributed by atoms with E-state index < -0.39 is 0 Å². The number of nitrogens with zero attached hydrogens (tertiary/aromatic N) is 3. The van der Waals surface area contributed by atoms with Crippen LogP contribution in [0.5, 0.6) is 0 Å². The summed E-state index contributed by atoms with van der Waals surface area (Å²) in [5.74, 6) is 1.53. The van der Waals surface area contributed by atoms with E-state index in [9.17, 15) is 0 Å². The molecule has 0 aromatic carbocycles. The molecule has 0 atom stereocenters. The maximum Gasteiger partial charge on any atom is 0.202 e. The number of nitrogens with two attached hydrogens (primary N) is 1. The molecule has 0 bridgehead atoms. The third-order valence-electron chi connectivity index (χ3n) is 4.23. The van der Waals surface area contributed by atoms with Crippen LogP contribution in [0.15, 0.2) is 12.1 Å². The van der Waals surface area contributed by atoms with Gasteiger partial charge in [0, 0.05) is 12.2 Å². The van der Waals surface area contributed by atoms with Crippen LogP contribution in [-0.4, -0.2) is 14.5 Å². The van der Waals surface area contributed by atoms with Crippen LogP contribution in [0.3, 0.4) is 0 Å². The first kappa shape index (κ1) is 12.5. The lowest BCUT2D eigenvalue weighted by atomic mass is 10.0. The summed E-state index contributed by atoms with van der Waals surface area (Å²) in [6.07, 6.45) is 8.15. The van der Waals surface area contributed by atoms with Crippen molar-refractivity contribution in [3.63, 3.8) is 0 Å². The molecule has 0 aliphatic heterocycles. The molecule has 0 amide bonds. The Hall–Kier alpha value is -1.58. The SMILES string of the molecule is Cc1ccc2nc(N)n(CCCC3CCCC3)c2n1. The van der Waals surface area contributed by atoms with Crippen molar-refractivity contribution in [1.82, 2.24) is 14.5 Å². The highest BCUT2D eigenvalue weighted by atomic mass is 15.2. The van der Waals surface area contributed by atoms with E-state index in [-0.39, 0.29) is 0 Å². The molecular formula is C15H22N4. The van der Waals surface area contributed by atoms with Gasteiger partial charge in [0.1, 0.15) is 5.52 Å². The van der Waals surface area contributed by atoms with E-state index in [4.69, 9.17) is 5.73 Å². The van der Waals surface area contributed by atoms with Crippen LogP contribution < -0.4 is 5.73 Å². The number of rotatable bonds is 4. The van der Waals surface area contributed by atoms with E-state index in [1.165, 1.54) is 38.5 Å². The summed E-state index contributed by atoms with van der Waals surface area (Å²) < 4.78 is 2.07. The van der Waals surface area contributed by atoms with Crippen molar-refractivity contribution in [1.29, 1.82) is 0 Å². The van der Waals surface area contributed by atoms with E-state index in [0.717, 1.165) is 29.3 Å². The van der Waals surface area contributed by atoms with Crippen LogP contribution in [0.2, 0.25) is 0 Å². The normalized spacial score (nSPS) is 16.5. The highest BCUT2D eigenvalue weighted by Gasteiger charge is 2.15. The summed E-state index contributed by atoms with van der Waals surface area (Å²) in [7, 11) is 0. The minimum Gasteiger partial charge on any atom is -0.369 e. The van der Waals surface area contributed by atoms with E-state index in [2.05, 4.69) is 14.5 Å². The minimum atomic E-state index is 0.597. The summed E-state index contributed by atoms with van der Waals surface area (Å²) >= 11 is 0. The van der Waals surface area contributed by atoms with Crippen LogP contribution in [0.25, 0.3) is 11.2 Å². The Labute approximate surface area is 114 Å². The molecule has 3 rings (SSSR count). The van der Waals surface area contributed by atoms with Crippen molar-refractivity contribution in [2.45, 2.75) is 52.0 Å². The topological polar surface area (TPSA) is 56.7 Å². The molecule has 1 aliphatic carbocycles. The Morgan fingerprint density at radius 2 is 2.05 bits per heavy atom. The smallest absolute Gasteiger partial charge is 0.202 e.